The maximum Gasteiger partial charge on any atom is 0.311 e. The van der Waals surface area contributed by atoms with E-state index in [1.54, 1.807) is 12.1 Å². The molecule has 6 heteroatoms. The first kappa shape index (κ1) is 14.5. The number of nitrogens with one attached hydrogen (secondary N) is 1. The van der Waals surface area contributed by atoms with Crippen molar-refractivity contribution in [2.75, 3.05) is 33.3 Å². The molecule has 0 aromatic heterocycles. The molecule has 1 aliphatic heterocycles. The van der Waals surface area contributed by atoms with E-state index in [9.17, 15) is 10.1 Å². The topological polar surface area (TPSA) is 67.6 Å². The Morgan fingerprint density at radius 2 is 2.20 bits per heavy atom. The van der Waals surface area contributed by atoms with Gasteiger partial charge in [-0.2, -0.15) is 0 Å². The van der Waals surface area contributed by atoms with Gasteiger partial charge in [0.1, 0.15) is 0 Å². The van der Waals surface area contributed by atoms with Crippen LogP contribution in [0.3, 0.4) is 0 Å². The summed E-state index contributed by atoms with van der Waals surface area (Å²) in [4.78, 5) is 12.9. The van der Waals surface area contributed by atoms with Crippen LogP contribution in [0.4, 0.5) is 5.69 Å². The Morgan fingerprint density at radius 1 is 1.50 bits per heavy atom. The van der Waals surface area contributed by atoms with Crippen molar-refractivity contribution in [3.63, 3.8) is 0 Å². The van der Waals surface area contributed by atoms with Gasteiger partial charge in [0.2, 0.25) is 0 Å². The number of nitrogens with zero attached hydrogens (tertiary/aromatic N) is 2. The number of hydrogen-bond donors (Lipinski definition) is 1. The lowest BCUT2D eigenvalue weighted by Crippen LogP contribution is -2.44. The highest BCUT2D eigenvalue weighted by molar-refractivity contribution is 5.49. The highest BCUT2D eigenvalue weighted by Crippen LogP contribution is 2.32. The molecule has 1 saturated heterocycles. The van der Waals surface area contributed by atoms with E-state index in [2.05, 4.69) is 16.8 Å². The van der Waals surface area contributed by atoms with Gasteiger partial charge in [0.05, 0.1) is 18.1 Å². The molecule has 2 rings (SSSR count). The predicted molar refractivity (Wildman–Crippen MR) is 77.0 cm³/mol. The first-order chi connectivity index (χ1) is 9.67. The molecule has 1 heterocycles. The van der Waals surface area contributed by atoms with Gasteiger partial charge in [0.15, 0.2) is 5.75 Å². The van der Waals surface area contributed by atoms with Crippen LogP contribution in [0, 0.1) is 10.1 Å². The summed E-state index contributed by atoms with van der Waals surface area (Å²) < 4.78 is 5.03. The first-order valence-corrected chi connectivity index (χ1v) is 6.57. The Labute approximate surface area is 118 Å². The minimum atomic E-state index is -0.416. The molecule has 0 amide bonds. The van der Waals surface area contributed by atoms with Gasteiger partial charge in [-0.25, -0.2) is 0 Å². The predicted octanol–water partition coefficient (Wildman–Crippen LogP) is 1.74. The molecule has 6 nitrogen and oxygen atoms in total. The van der Waals surface area contributed by atoms with Crippen LogP contribution in [-0.4, -0.2) is 43.1 Å². The SMILES string of the molecule is C=C[C@H](c1ccc(OC)c([N+](=O)[O-])c1)N1CCNCC1. The molecule has 1 atom stereocenters. The molecule has 0 radical (unpaired) electrons. The zero-order valence-corrected chi connectivity index (χ0v) is 11.5. The summed E-state index contributed by atoms with van der Waals surface area (Å²) >= 11 is 0. The van der Waals surface area contributed by atoms with E-state index < -0.39 is 4.92 Å². The average molecular weight is 277 g/mol. The summed E-state index contributed by atoms with van der Waals surface area (Å²) in [7, 11) is 1.43. The number of methoxy groups -OCH3 is 1. The van der Waals surface area contributed by atoms with Crippen LogP contribution in [0.25, 0.3) is 0 Å². The Kier molecular flexibility index (Phi) is 4.70. The Hall–Kier alpha value is -1.92. The summed E-state index contributed by atoms with van der Waals surface area (Å²) in [6.07, 6.45) is 1.83. The molecule has 0 spiro atoms. The summed E-state index contributed by atoms with van der Waals surface area (Å²) in [5, 5.41) is 14.4. The van der Waals surface area contributed by atoms with Crippen LogP contribution in [0.15, 0.2) is 30.9 Å². The lowest BCUT2D eigenvalue weighted by atomic mass is 10.0. The fourth-order valence-corrected chi connectivity index (χ4v) is 2.49. The van der Waals surface area contributed by atoms with Gasteiger partial charge in [0.25, 0.3) is 0 Å². The van der Waals surface area contributed by atoms with E-state index in [1.165, 1.54) is 7.11 Å². The Bertz CT molecular complexity index is 498. The quantitative estimate of drug-likeness (QED) is 0.504. The third-order valence-electron chi connectivity index (χ3n) is 3.51. The lowest BCUT2D eigenvalue weighted by Gasteiger charge is -2.33. The Balaban J connectivity index is 2.31. The van der Waals surface area contributed by atoms with Crippen molar-refractivity contribution in [3.05, 3.63) is 46.5 Å². The number of ether oxygens (including phenoxy) is 1. The highest BCUT2D eigenvalue weighted by Gasteiger charge is 2.23. The molecular formula is C14H19N3O3. The fraction of sp³-hybridized carbons (Fsp3) is 0.429. The van der Waals surface area contributed by atoms with Gasteiger partial charge < -0.3 is 10.1 Å². The van der Waals surface area contributed by atoms with Crippen molar-refractivity contribution in [2.24, 2.45) is 0 Å². The van der Waals surface area contributed by atoms with Gasteiger partial charge >= 0.3 is 5.69 Å². The number of piperazine rings is 1. The summed E-state index contributed by atoms with van der Waals surface area (Å²) in [6.45, 7) is 7.50. The smallest absolute Gasteiger partial charge is 0.311 e. The van der Waals surface area contributed by atoms with Crippen LogP contribution in [0.5, 0.6) is 5.75 Å². The minimum absolute atomic E-state index is 0.00742. The van der Waals surface area contributed by atoms with Crippen molar-refractivity contribution in [1.29, 1.82) is 0 Å². The third-order valence-corrected chi connectivity index (χ3v) is 3.51. The van der Waals surface area contributed by atoms with Gasteiger partial charge in [-0.1, -0.05) is 12.1 Å². The molecule has 1 aromatic carbocycles. The van der Waals surface area contributed by atoms with Crippen LogP contribution in [0.1, 0.15) is 11.6 Å². The van der Waals surface area contributed by atoms with Crippen LogP contribution in [0.2, 0.25) is 0 Å². The molecule has 1 aromatic rings. The number of nitro groups is 1. The zero-order valence-electron chi connectivity index (χ0n) is 11.5. The van der Waals surface area contributed by atoms with Crippen molar-refractivity contribution in [2.45, 2.75) is 6.04 Å². The first-order valence-electron chi connectivity index (χ1n) is 6.57. The number of rotatable bonds is 5. The molecule has 1 N–H and O–H groups in total. The standard InChI is InChI=1S/C14H19N3O3/c1-3-12(16-8-6-15-7-9-16)11-4-5-14(20-2)13(10-11)17(18)19/h3-5,10,12,15H,1,6-9H2,2H3/t12-/m1/s1. The van der Waals surface area contributed by atoms with Crippen molar-refractivity contribution in [3.8, 4) is 5.75 Å². The average Bonchev–Trinajstić information content (AvgIpc) is 2.49. The fourth-order valence-electron chi connectivity index (χ4n) is 2.49. The van der Waals surface area contributed by atoms with Crippen LogP contribution >= 0.6 is 0 Å². The molecule has 1 fully saturated rings. The van der Waals surface area contributed by atoms with Gasteiger partial charge in [-0.3, -0.25) is 15.0 Å². The summed E-state index contributed by atoms with van der Waals surface area (Å²) in [5.74, 6) is 0.280. The van der Waals surface area contributed by atoms with Crippen molar-refractivity contribution >= 4 is 5.69 Å². The molecule has 20 heavy (non-hydrogen) atoms. The third kappa shape index (κ3) is 2.97. The second kappa shape index (κ2) is 6.49. The normalized spacial score (nSPS) is 17.4. The summed E-state index contributed by atoms with van der Waals surface area (Å²) in [5.41, 5.74) is 0.862. The second-order valence-electron chi connectivity index (χ2n) is 4.65. The van der Waals surface area contributed by atoms with Crippen molar-refractivity contribution in [1.82, 2.24) is 10.2 Å². The molecule has 1 aliphatic rings. The number of nitro benzene ring substituents is 1. The second-order valence-corrected chi connectivity index (χ2v) is 4.65. The van der Waals surface area contributed by atoms with E-state index in [0.29, 0.717) is 0 Å². The molecular weight excluding hydrogens is 258 g/mol. The number of benzene rings is 1. The molecule has 0 bridgehead atoms. The van der Waals surface area contributed by atoms with E-state index in [4.69, 9.17) is 4.74 Å². The van der Waals surface area contributed by atoms with E-state index >= 15 is 0 Å². The zero-order chi connectivity index (χ0) is 14.5. The molecule has 0 unspecified atom stereocenters. The lowest BCUT2D eigenvalue weighted by molar-refractivity contribution is -0.385. The van der Waals surface area contributed by atoms with Gasteiger partial charge in [-0.15, -0.1) is 6.58 Å². The van der Waals surface area contributed by atoms with E-state index in [0.717, 1.165) is 31.7 Å². The molecule has 108 valence electrons. The monoisotopic (exact) mass is 277 g/mol. The largest absolute Gasteiger partial charge is 0.490 e. The highest BCUT2D eigenvalue weighted by atomic mass is 16.6. The van der Waals surface area contributed by atoms with E-state index in [-0.39, 0.29) is 17.5 Å². The summed E-state index contributed by atoms with van der Waals surface area (Å²) in [6, 6.07) is 5.07. The van der Waals surface area contributed by atoms with Gasteiger partial charge in [-0.05, 0) is 11.6 Å². The molecule has 0 aliphatic carbocycles. The number of hydrogen-bond acceptors (Lipinski definition) is 5. The van der Waals surface area contributed by atoms with Crippen LogP contribution < -0.4 is 10.1 Å². The van der Waals surface area contributed by atoms with Crippen LogP contribution in [-0.2, 0) is 0 Å². The van der Waals surface area contributed by atoms with E-state index in [1.807, 2.05) is 12.1 Å². The van der Waals surface area contributed by atoms with Gasteiger partial charge in [0, 0.05) is 32.2 Å². The maximum absolute atomic E-state index is 11.1. The Morgan fingerprint density at radius 3 is 2.75 bits per heavy atom. The maximum atomic E-state index is 11.1. The van der Waals surface area contributed by atoms with Crippen molar-refractivity contribution < 1.29 is 9.66 Å². The minimum Gasteiger partial charge on any atom is -0.490 e. The molecule has 0 saturated carbocycles.